The highest BCUT2D eigenvalue weighted by Crippen LogP contribution is 2.34. The zero-order chi connectivity index (χ0) is 36.2. The van der Waals surface area contributed by atoms with Crippen molar-refractivity contribution in [3.8, 4) is 17.0 Å². The van der Waals surface area contributed by atoms with Gasteiger partial charge in [-0.25, -0.2) is 9.97 Å². The fourth-order valence-electron chi connectivity index (χ4n) is 6.81. The van der Waals surface area contributed by atoms with Gasteiger partial charge in [0.05, 0.1) is 41.3 Å². The van der Waals surface area contributed by atoms with Gasteiger partial charge in [0.15, 0.2) is 6.61 Å². The minimum Gasteiger partial charge on any atom is -0.483 e. The molecular formula is C36H37ClN8O7. The van der Waals surface area contributed by atoms with Gasteiger partial charge in [-0.05, 0) is 44.0 Å². The number of aromatic amines is 1. The molecule has 2 unspecified atom stereocenters. The lowest BCUT2D eigenvalue weighted by molar-refractivity contribution is -0.136. The van der Waals surface area contributed by atoms with E-state index in [2.05, 4.69) is 30.8 Å². The van der Waals surface area contributed by atoms with Gasteiger partial charge in [-0.2, -0.15) is 0 Å². The molecule has 7 rings (SSSR count). The van der Waals surface area contributed by atoms with E-state index >= 15 is 0 Å². The number of hydrogen-bond acceptors (Lipinski definition) is 11. The van der Waals surface area contributed by atoms with E-state index in [1.54, 1.807) is 6.20 Å². The normalized spacial score (nSPS) is 19.1. The third kappa shape index (κ3) is 7.47. The molecule has 15 nitrogen and oxygen atoms in total. The van der Waals surface area contributed by atoms with Gasteiger partial charge < -0.3 is 25.1 Å². The highest BCUT2D eigenvalue weighted by molar-refractivity contribution is 6.33. The Morgan fingerprint density at radius 2 is 1.88 bits per heavy atom. The number of carbonyl (C=O) groups excluding carboxylic acids is 5. The van der Waals surface area contributed by atoms with E-state index in [1.807, 2.05) is 30.5 Å². The molecule has 4 N–H and O–H groups in total. The maximum Gasteiger partial charge on any atom is 0.266 e. The first kappa shape index (κ1) is 35.0. The van der Waals surface area contributed by atoms with Gasteiger partial charge in [-0.1, -0.05) is 35.9 Å². The van der Waals surface area contributed by atoms with Crippen LogP contribution in [-0.4, -0.2) is 112 Å². The van der Waals surface area contributed by atoms with Crippen molar-refractivity contribution in [2.45, 2.75) is 37.8 Å². The van der Waals surface area contributed by atoms with Gasteiger partial charge in [-0.15, -0.1) is 0 Å². The number of likely N-dealkylation sites (tertiary alicyclic amines) is 1. The van der Waals surface area contributed by atoms with Crippen LogP contribution in [0.5, 0.6) is 5.75 Å². The number of imide groups is 2. The second-order valence-corrected chi connectivity index (χ2v) is 13.2. The van der Waals surface area contributed by atoms with E-state index < -0.39 is 35.6 Å². The summed E-state index contributed by atoms with van der Waals surface area (Å²) in [6, 6.07) is 11.5. The number of H-pyrrole nitrogens is 1. The third-order valence-corrected chi connectivity index (χ3v) is 9.61. The Kier molecular flexibility index (Phi) is 10.4. The third-order valence-electron chi connectivity index (χ3n) is 9.34. The Labute approximate surface area is 303 Å². The molecule has 0 aliphatic carbocycles. The molecule has 5 heterocycles. The molecule has 3 aliphatic heterocycles. The van der Waals surface area contributed by atoms with Crippen LogP contribution >= 0.6 is 11.6 Å². The molecule has 2 aromatic heterocycles. The summed E-state index contributed by atoms with van der Waals surface area (Å²) in [5, 5.41) is 9.89. The van der Waals surface area contributed by atoms with Crippen LogP contribution in [0, 0.1) is 0 Å². The molecular weight excluding hydrogens is 692 g/mol. The van der Waals surface area contributed by atoms with E-state index in [1.165, 1.54) is 18.2 Å². The molecule has 2 saturated heterocycles. The molecule has 4 aromatic rings. The van der Waals surface area contributed by atoms with E-state index in [4.69, 9.17) is 26.1 Å². The number of carbonyl (C=O) groups is 5. The molecule has 52 heavy (non-hydrogen) atoms. The summed E-state index contributed by atoms with van der Waals surface area (Å²) >= 11 is 6.51. The van der Waals surface area contributed by atoms with Crippen LogP contribution in [0.2, 0.25) is 5.02 Å². The summed E-state index contributed by atoms with van der Waals surface area (Å²) < 4.78 is 11.4. The number of ether oxygens (including phenoxy) is 2. The Bertz CT molecular complexity index is 2040. The maximum atomic E-state index is 13.2. The van der Waals surface area contributed by atoms with Crippen LogP contribution in [0.3, 0.4) is 0 Å². The van der Waals surface area contributed by atoms with Crippen molar-refractivity contribution < 1.29 is 33.4 Å². The number of fused-ring (bicyclic) bond motifs is 2. The molecule has 270 valence electrons. The minimum absolute atomic E-state index is 0.0145. The van der Waals surface area contributed by atoms with Crippen molar-refractivity contribution >= 4 is 58.0 Å². The maximum absolute atomic E-state index is 13.2. The number of nitrogens with zero attached hydrogens (tertiary/aromatic N) is 4. The molecule has 0 radical (unpaired) electrons. The zero-order valence-electron chi connectivity index (χ0n) is 28.2. The van der Waals surface area contributed by atoms with Crippen LogP contribution < -0.4 is 20.7 Å². The first-order chi connectivity index (χ1) is 25.3. The Hall–Kier alpha value is -5.38. The van der Waals surface area contributed by atoms with Crippen molar-refractivity contribution in [2.24, 2.45) is 0 Å². The molecule has 16 heteroatoms. The van der Waals surface area contributed by atoms with E-state index in [-0.39, 0.29) is 48.9 Å². The lowest BCUT2D eigenvalue weighted by atomic mass is 10.0. The van der Waals surface area contributed by atoms with Gasteiger partial charge in [0.25, 0.3) is 17.7 Å². The predicted octanol–water partition coefficient (Wildman–Crippen LogP) is 2.77. The molecule has 5 amide bonds. The highest BCUT2D eigenvalue weighted by atomic mass is 35.5. The number of halogens is 1. The van der Waals surface area contributed by atoms with E-state index in [0.29, 0.717) is 29.9 Å². The van der Waals surface area contributed by atoms with E-state index in [9.17, 15) is 24.0 Å². The van der Waals surface area contributed by atoms with Crippen molar-refractivity contribution in [3.63, 3.8) is 0 Å². The molecule has 2 aromatic carbocycles. The van der Waals surface area contributed by atoms with Gasteiger partial charge in [0.1, 0.15) is 11.8 Å². The van der Waals surface area contributed by atoms with Crippen molar-refractivity contribution in [2.75, 3.05) is 51.3 Å². The van der Waals surface area contributed by atoms with Crippen molar-refractivity contribution in [3.05, 3.63) is 71.0 Å². The first-order valence-electron chi connectivity index (χ1n) is 17.2. The average Bonchev–Trinajstić information content (AvgIpc) is 3.68. The number of hydrogen-bond donors (Lipinski definition) is 4. The smallest absolute Gasteiger partial charge is 0.266 e. The number of piperidine rings is 2. The number of anilines is 1. The molecule has 0 bridgehead atoms. The SMILES string of the molecule is O=C(COc1cccc2c1C(=O)N(C1CCC(=O)NC1=O)C2=O)NCCOCCN1CCCC(Nc2ncc(Cl)c(-c3c[nH]c4ccccc34)n2)C1. The van der Waals surface area contributed by atoms with Gasteiger partial charge in [0, 0.05) is 54.8 Å². The quantitative estimate of drug-likeness (QED) is 0.117. The monoisotopic (exact) mass is 728 g/mol. The van der Waals surface area contributed by atoms with E-state index in [0.717, 1.165) is 53.8 Å². The summed E-state index contributed by atoms with van der Waals surface area (Å²) in [5.41, 5.74) is 2.66. The average molecular weight is 729 g/mol. The molecule has 2 atom stereocenters. The van der Waals surface area contributed by atoms with Crippen molar-refractivity contribution in [1.82, 2.24) is 35.4 Å². The summed E-state index contributed by atoms with van der Waals surface area (Å²) in [7, 11) is 0. The standard InChI is InChI=1S/C36H37ClN8O7/c37-25-18-40-36(43-32(25)24-17-39-26-8-2-1-6-22(24)26)41-21-5-4-13-44(19-21)14-16-51-15-12-38-30(47)20-52-28-9-3-7-23-31(28)35(50)45(34(23)49)27-10-11-29(46)42-33(27)48/h1-3,6-9,17-18,21,27,39H,4-5,10-16,19-20H2,(H,38,47)(H,40,41,43)(H,42,46,48). The lowest BCUT2D eigenvalue weighted by Gasteiger charge is -2.33. The molecule has 3 aliphatic rings. The van der Waals surface area contributed by atoms with Gasteiger partial charge in [0.2, 0.25) is 17.8 Å². The zero-order valence-corrected chi connectivity index (χ0v) is 28.9. The number of aromatic nitrogens is 3. The first-order valence-corrected chi connectivity index (χ1v) is 17.5. The van der Waals surface area contributed by atoms with Gasteiger partial charge >= 0.3 is 0 Å². The van der Waals surface area contributed by atoms with Gasteiger partial charge in [-0.3, -0.25) is 39.1 Å². The van der Waals surface area contributed by atoms with Crippen LogP contribution in [0.4, 0.5) is 5.95 Å². The predicted molar refractivity (Wildman–Crippen MR) is 190 cm³/mol. The van der Waals surface area contributed by atoms with Crippen LogP contribution in [0.25, 0.3) is 22.2 Å². The van der Waals surface area contributed by atoms with Crippen molar-refractivity contribution in [1.29, 1.82) is 0 Å². The van der Waals surface area contributed by atoms with Crippen LogP contribution in [0.1, 0.15) is 46.4 Å². The largest absolute Gasteiger partial charge is 0.483 e. The highest BCUT2D eigenvalue weighted by Gasteiger charge is 2.46. The lowest BCUT2D eigenvalue weighted by Crippen LogP contribution is -2.54. The fourth-order valence-corrected chi connectivity index (χ4v) is 7.00. The number of benzene rings is 2. The molecule has 0 spiro atoms. The van der Waals surface area contributed by atoms with Crippen LogP contribution in [-0.2, 0) is 19.1 Å². The topological polar surface area (TPSA) is 188 Å². The summed E-state index contributed by atoms with van der Waals surface area (Å²) in [6.07, 6.45) is 5.59. The number of amides is 5. The Balaban J connectivity index is 0.825. The summed E-state index contributed by atoms with van der Waals surface area (Å²) in [6.45, 7) is 3.11. The Morgan fingerprint density at radius 3 is 2.75 bits per heavy atom. The fraction of sp³-hybridized carbons (Fsp3) is 0.361. The summed E-state index contributed by atoms with van der Waals surface area (Å²) in [5.74, 6) is -2.35. The second kappa shape index (κ2) is 15.5. The number of para-hydroxylation sites is 1. The Morgan fingerprint density at radius 1 is 1.02 bits per heavy atom. The van der Waals surface area contributed by atoms with Crippen LogP contribution in [0.15, 0.2) is 54.9 Å². The second-order valence-electron chi connectivity index (χ2n) is 12.8. The number of rotatable bonds is 13. The minimum atomic E-state index is -1.09. The number of nitrogens with one attached hydrogen (secondary N) is 4. The summed E-state index contributed by atoms with van der Waals surface area (Å²) in [4.78, 5) is 78.2. The molecule has 2 fully saturated rings. The molecule has 0 saturated carbocycles.